The van der Waals surface area contributed by atoms with E-state index in [2.05, 4.69) is 26.1 Å². The van der Waals surface area contributed by atoms with Crippen molar-refractivity contribution in [3.63, 3.8) is 0 Å². The van der Waals surface area contributed by atoms with E-state index in [4.69, 9.17) is 23.9 Å². The Hall–Kier alpha value is -3.85. The number of carbonyl (C=O) groups is 2. The number of thiophene rings is 1. The predicted octanol–water partition coefficient (Wildman–Crippen LogP) is 7.10. The Labute approximate surface area is 245 Å². The number of fused-ring (bicyclic) bond motifs is 1. The lowest BCUT2D eigenvalue weighted by molar-refractivity contribution is 0.0526. The van der Waals surface area contributed by atoms with E-state index in [-0.39, 0.29) is 11.3 Å². The normalized spacial score (nSPS) is 14.9. The number of aliphatic imine (C=N–C) groups is 1. The van der Waals surface area contributed by atoms with Gasteiger partial charge in [-0.3, -0.25) is 4.79 Å². The lowest BCUT2D eigenvalue weighted by atomic mass is 9.72. The van der Waals surface area contributed by atoms with Crippen LogP contribution in [-0.2, 0) is 17.6 Å². The van der Waals surface area contributed by atoms with Crippen molar-refractivity contribution in [3.05, 3.63) is 63.5 Å². The van der Waals surface area contributed by atoms with E-state index in [9.17, 15) is 9.59 Å². The fraction of sp³-hybridized carbons (Fsp3) is 0.406. The summed E-state index contributed by atoms with van der Waals surface area (Å²) in [4.78, 5) is 31.8. The summed E-state index contributed by atoms with van der Waals surface area (Å²) in [5.74, 6) is 1.41. The molecule has 0 spiro atoms. The number of nitrogens with zero attached hydrogens (tertiary/aromatic N) is 1. The molecule has 1 aliphatic rings. The van der Waals surface area contributed by atoms with Gasteiger partial charge in [0.05, 0.1) is 39.1 Å². The summed E-state index contributed by atoms with van der Waals surface area (Å²) < 4.78 is 21.6. The quantitative estimate of drug-likeness (QED) is 0.215. The van der Waals surface area contributed by atoms with E-state index in [0.717, 1.165) is 24.8 Å². The summed E-state index contributed by atoms with van der Waals surface area (Å²) in [5.41, 5.74) is 3.53. The molecule has 0 unspecified atom stereocenters. The number of amides is 1. The molecule has 1 atom stereocenters. The van der Waals surface area contributed by atoms with Gasteiger partial charge in [0.25, 0.3) is 5.91 Å². The summed E-state index contributed by atoms with van der Waals surface area (Å²) >= 11 is 1.57. The van der Waals surface area contributed by atoms with Crippen LogP contribution in [0.25, 0.3) is 0 Å². The molecule has 1 aromatic heterocycles. The first-order chi connectivity index (χ1) is 19.6. The van der Waals surface area contributed by atoms with E-state index in [0.29, 0.717) is 57.2 Å². The van der Waals surface area contributed by atoms with Crippen LogP contribution in [0.15, 0.2) is 41.4 Å². The van der Waals surface area contributed by atoms with Crippen LogP contribution in [0.4, 0.5) is 10.7 Å². The van der Waals surface area contributed by atoms with Gasteiger partial charge in [0.1, 0.15) is 5.00 Å². The number of esters is 1. The van der Waals surface area contributed by atoms with Crippen molar-refractivity contribution < 1.29 is 28.5 Å². The standard InChI is InChI=1S/C32H38N2O6S/c1-8-40-31(36)19-9-13-22(14-10-19)34-29(35)26-23-15-12-21(32(2,3)4)17-25(23)41-30(26)33-18-20-11-16-24(37-5)28(39-7)27(20)38-6/h9-11,13-14,16,18,21H,8,12,15,17H2,1-7H3,(H,34,35)/t21-/m0/s1. The largest absolute Gasteiger partial charge is 0.493 e. The Kier molecular flexibility index (Phi) is 9.38. The third-order valence-corrected chi connectivity index (χ3v) is 8.57. The number of rotatable bonds is 9. The van der Waals surface area contributed by atoms with Crippen LogP contribution in [0, 0.1) is 11.3 Å². The van der Waals surface area contributed by atoms with Crippen LogP contribution in [0.1, 0.15) is 70.8 Å². The highest BCUT2D eigenvalue weighted by Gasteiger charge is 2.33. The molecule has 2 aromatic carbocycles. The minimum atomic E-state index is -0.395. The van der Waals surface area contributed by atoms with Crippen LogP contribution in [0.3, 0.4) is 0 Å². The van der Waals surface area contributed by atoms with Crippen molar-refractivity contribution in [2.75, 3.05) is 33.3 Å². The average Bonchev–Trinajstić information content (AvgIpc) is 3.33. The number of hydrogen-bond donors (Lipinski definition) is 1. The number of nitrogens with one attached hydrogen (secondary N) is 1. The first-order valence-electron chi connectivity index (χ1n) is 13.7. The number of methoxy groups -OCH3 is 3. The number of benzene rings is 2. The van der Waals surface area contributed by atoms with Gasteiger partial charge in [-0.15, -0.1) is 11.3 Å². The fourth-order valence-corrected chi connectivity index (χ4v) is 6.36. The lowest BCUT2D eigenvalue weighted by Gasteiger charge is -2.33. The molecule has 3 aromatic rings. The molecule has 41 heavy (non-hydrogen) atoms. The van der Waals surface area contributed by atoms with E-state index >= 15 is 0 Å². The molecule has 0 bridgehead atoms. The number of anilines is 1. The minimum Gasteiger partial charge on any atom is -0.493 e. The molecular weight excluding hydrogens is 540 g/mol. The predicted molar refractivity (Wildman–Crippen MR) is 163 cm³/mol. The second-order valence-corrected chi connectivity index (χ2v) is 12.0. The summed E-state index contributed by atoms with van der Waals surface area (Å²) in [6.07, 6.45) is 4.43. The van der Waals surface area contributed by atoms with Crippen molar-refractivity contribution in [1.82, 2.24) is 0 Å². The topological polar surface area (TPSA) is 95.5 Å². The van der Waals surface area contributed by atoms with Gasteiger partial charge >= 0.3 is 5.97 Å². The van der Waals surface area contributed by atoms with E-state index in [1.165, 1.54) is 4.88 Å². The maximum Gasteiger partial charge on any atom is 0.338 e. The smallest absolute Gasteiger partial charge is 0.338 e. The van der Waals surface area contributed by atoms with Gasteiger partial charge in [-0.05, 0) is 79.5 Å². The molecule has 1 N–H and O–H groups in total. The Balaban J connectivity index is 1.70. The summed E-state index contributed by atoms with van der Waals surface area (Å²) in [7, 11) is 4.69. The fourth-order valence-electron chi connectivity index (χ4n) is 5.09. The van der Waals surface area contributed by atoms with Crippen LogP contribution in [0.5, 0.6) is 17.2 Å². The highest BCUT2D eigenvalue weighted by atomic mass is 32.1. The molecule has 4 rings (SSSR count). The third kappa shape index (κ3) is 6.56. The van der Waals surface area contributed by atoms with E-state index in [1.54, 1.807) is 76.1 Å². The molecule has 1 heterocycles. The van der Waals surface area contributed by atoms with Crippen molar-refractivity contribution in [3.8, 4) is 17.2 Å². The zero-order chi connectivity index (χ0) is 29.7. The molecule has 9 heteroatoms. The van der Waals surface area contributed by atoms with Crippen LogP contribution in [0.2, 0.25) is 0 Å². The van der Waals surface area contributed by atoms with Crippen LogP contribution < -0.4 is 19.5 Å². The molecule has 0 saturated carbocycles. The molecule has 1 amide bonds. The van der Waals surface area contributed by atoms with Crippen LogP contribution >= 0.6 is 11.3 Å². The van der Waals surface area contributed by atoms with Gasteiger partial charge in [0, 0.05) is 22.3 Å². The molecule has 1 aliphatic carbocycles. The molecule has 218 valence electrons. The van der Waals surface area contributed by atoms with Crippen molar-refractivity contribution in [1.29, 1.82) is 0 Å². The van der Waals surface area contributed by atoms with Crippen LogP contribution in [-0.4, -0.2) is 46.0 Å². The van der Waals surface area contributed by atoms with Crippen molar-refractivity contribution in [2.45, 2.75) is 47.0 Å². The highest BCUT2D eigenvalue weighted by Crippen LogP contribution is 2.46. The first-order valence-corrected chi connectivity index (χ1v) is 14.5. The Morgan fingerprint density at radius 1 is 1.02 bits per heavy atom. The Morgan fingerprint density at radius 3 is 2.34 bits per heavy atom. The molecule has 8 nitrogen and oxygen atoms in total. The van der Waals surface area contributed by atoms with Gasteiger partial charge in [0.2, 0.25) is 5.75 Å². The van der Waals surface area contributed by atoms with Gasteiger partial charge < -0.3 is 24.3 Å². The third-order valence-electron chi connectivity index (χ3n) is 7.41. The minimum absolute atomic E-state index is 0.168. The van der Waals surface area contributed by atoms with E-state index < -0.39 is 5.97 Å². The zero-order valence-corrected chi connectivity index (χ0v) is 25.6. The number of hydrogen-bond acceptors (Lipinski definition) is 8. The molecule has 0 fully saturated rings. The molecule has 0 radical (unpaired) electrons. The average molecular weight is 579 g/mol. The van der Waals surface area contributed by atoms with Gasteiger partial charge in [-0.1, -0.05) is 20.8 Å². The first kappa shape index (κ1) is 30.1. The summed E-state index contributed by atoms with van der Waals surface area (Å²) in [5, 5.41) is 3.65. The lowest BCUT2D eigenvalue weighted by Crippen LogP contribution is -2.27. The SMILES string of the molecule is CCOC(=O)c1ccc(NC(=O)c2c(N=Cc3ccc(OC)c(OC)c3OC)sc3c2CC[C@H](C(C)(C)C)C3)cc1. The maximum atomic E-state index is 13.8. The second kappa shape index (κ2) is 12.8. The number of carbonyl (C=O) groups excluding carboxylic acids is 2. The number of ether oxygens (including phenoxy) is 4. The highest BCUT2D eigenvalue weighted by molar-refractivity contribution is 7.16. The second-order valence-electron chi connectivity index (χ2n) is 10.9. The maximum absolute atomic E-state index is 13.8. The summed E-state index contributed by atoms with van der Waals surface area (Å²) in [6, 6.07) is 10.3. The molecule has 0 aliphatic heterocycles. The van der Waals surface area contributed by atoms with Gasteiger partial charge in [-0.25, -0.2) is 9.79 Å². The van der Waals surface area contributed by atoms with Crippen molar-refractivity contribution in [2.24, 2.45) is 16.3 Å². The van der Waals surface area contributed by atoms with Crippen molar-refractivity contribution >= 4 is 40.1 Å². The Morgan fingerprint density at radius 2 is 1.73 bits per heavy atom. The summed E-state index contributed by atoms with van der Waals surface area (Å²) in [6.45, 7) is 8.87. The molecule has 0 saturated heterocycles. The molecular formula is C32H38N2O6S. The van der Waals surface area contributed by atoms with Gasteiger partial charge in [-0.2, -0.15) is 0 Å². The van der Waals surface area contributed by atoms with Gasteiger partial charge in [0.15, 0.2) is 11.5 Å². The monoisotopic (exact) mass is 578 g/mol. The van der Waals surface area contributed by atoms with E-state index in [1.807, 2.05) is 6.07 Å². The zero-order valence-electron chi connectivity index (χ0n) is 24.8. The Bertz CT molecular complexity index is 1440.